The molecule has 8 fully saturated rings. The van der Waals surface area contributed by atoms with Crippen molar-refractivity contribution < 1.29 is 89.0 Å². The van der Waals surface area contributed by atoms with Gasteiger partial charge >= 0.3 is 0 Å². The normalized spacial score (nSPS) is 58.1. The quantitative estimate of drug-likeness (QED) is 0.135. The molecule has 4 aliphatic carbocycles. The molecule has 9 rings (SSSR count). The van der Waals surface area contributed by atoms with Gasteiger partial charge in [-0.2, -0.15) is 0 Å². The molecule has 3 saturated carbocycles. The van der Waals surface area contributed by atoms with E-state index in [-0.39, 0.29) is 40.6 Å². The SMILES string of the molecule is C[C@@H]1CC[C@@]2(OC1)O[C@H]1C[C@@]3(O)[C@@H]4CC=C5C[C@@H](O[C@@H]6O[C@H](CO)[C@@H](O)[C@H](O[C@@H]7O[C@H](CO)[C@@H](O)[C@H](O)[C@H]7O)[C@H]6O[C@@H]6O[C@@H](C)[C@H](O)[C@@H](O)[C@H]6O)CC[C@]5(C)[C@H]4CC[C@]3(C)[C@H]1[C@@H]2C. The van der Waals surface area contributed by atoms with Gasteiger partial charge in [0.05, 0.1) is 43.7 Å². The van der Waals surface area contributed by atoms with Crippen LogP contribution in [0.2, 0.25) is 0 Å². The number of fused-ring (bicyclic) bond motifs is 7. The second-order valence-corrected chi connectivity index (χ2v) is 21.2. The van der Waals surface area contributed by atoms with Gasteiger partial charge in [-0.05, 0) is 75.0 Å². The van der Waals surface area contributed by atoms with Crippen LogP contribution in [-0.2, 0) is 37.9 Å². The van der Waals surface area contributed by atoms with E-state index in [0.29, 0.717) is 38.2 Å². The molecular formula is C45H72O18. The molecule has 0 aromatic rings. The van der Waals surface area contributed by atoms with E-state index >= 15 is 0 Å². The van der Waals surface area contributed by atoms with E-state index in [0.717, 1.165) is 32.1 Å². The summed E-state index contributed by atoms with van der Waals surface area (Å²) in [6.45, 7) is 9.79. The molecule has 1 spiro atoms. The molecule has 5 heterocycles. The molecule has 5 saturated heterocycles. The van der Waals surface area contributed by atoms with Gasteiger partial charge in [0.2, 0.25) is 0 Å². The van der Waals surface area contributed by atoms with Gasteiger partial charge in [-0.3, -0.25) is 0 Å². The summed E-state index contributed by atoms with van der Waals surface area (Å²) in [6.07, 6.45) is -14.9. The lowest BCUT2D eigenvalue weighted by Crippen LogP contribution is -2.67. The van der Waals surface area contributed by atoms with Crippen molar-refractivity contribution in [2.45, 2.75) is 208 Å². The van der Waals surface area contributed by atoms with Crippen LogP contribution in [0, 0.1) is 40.4 Å². The van der Waals surface area contributed by atoms with Gasteiger partial charge in [0, 0.05) is 30.1 Å². The highest BCUT2D eigenvalue weighted by Gasteiger charge is 2.74. The highest BCUT2D eigenvalue weighted by molar-refractivity contribution is 5.29. The lowest BCUT2D eigenvalue weighted by atomic mass is 9.45. The van der Waals surface area contributed by atoms with Crippen LogP contribution in [-0.4, -0.2) is 187 Å². The van der Waals surface area contributed by atoms with Crippen LogP contribution < -0.4 is 0 Å². The molecule has 9 aliphatic rings. The van der Waals surface area contributed by atoms with Gasteiger partial charge in [0.25, 0.3) is 0 Å². The molecule has 63 heavy (non-hydrogen) atoms. The molecule has 10 N–H and O–H groups in total. The fraction of sp³-hybridized carbons (Fsp3) is 0.956. The van der Waals surface area contributed by atoms with Gasteiger partial charge in [-0.1, -0.05) is 39.3 Å². The lowest BCUT2D eigenvalue weighted by molar-refractivity contribution is -0.394. The maximum atomic E-state index is 13.0. The van der Waals surface area contributed by atoms with Crippen molar-refractivity contribution >= 4 is 0 Å². The zero-order valence-electron chi connectivity index (χ0n) is 37.0. The predicted molar refractivity (Wildman–Crippen MR) is 216 cm³/mol. The van der Waals surface area contributed by atoms with Crippen LogP contribution >= 0.6 is 0 Å². The number of aliphatic hydroxyl groups is 10. The zero-order valence-corrected chi connectivity index (χ0v) is 37.0. The van der Waals surface area contributed by atoms with Crippen molar-refractivity contribution in [1.82, 2.24) is 0 Å². The van der Waals surface area contributed by atoms with Gasteiger partial charge < -0.3 is 89.0 Å². The zero-order chi connectivity index (χ0) is 45.1. The minimum Gasteiger partial charge on any atom is -0.394 e. The maximum Gasteiger partial charge on any atom is 0.187 e. The molecule has 360 valence electrons. The summed E-state index contributed by atoms with van der Waals surface area (Å²) in [5.74, 6) is 0.539. The lowest BCUT2D eigenvalue weighted by Gasteiger charge is -2.62. The van der Waals surface area contributed by atoms with Crippen LogP contribution in [0.3, 0.4) is 0 Å². The minimum absolute atomic E-state index is 0.0388. The molecule has 18 heteroatoms. The summed E-state index contributed by atoms with van der Waals surface area (Å²) in [7, 11) is 0. The van der Waals surface area contributed by atoms with Gasteiger partial charge in [-0.15, -0.1) is 0 Å². The number of allylic oxidation sites excluding steroid dienone is 1. The first-order valence-corrected chi connectivity index (χ1v) is 23.5. The molecule has 0 amide bonds. The Balaban J connectivity index is 0.952. The third kappa shape index (κ3) is 7.44. The average molecular weight is 901 g/mol. The van der Waals surface area contributed by atoms with E-state index in [1.807, 2.05) is 0 Å². The number of rotatable bonds is 8. The van der Waals surface area contributed by atoms with Crippen molar-refractivity contribution in [2.24, 2.45) is 40.4 Å². The molecule has 0 aromatic carbocycles. The molecular weight excluding hydrogens is 828 g/mol. The fourth-order valence-corrected chi connectivity index (χ4v) is 14.0. The summed E-state index contributed by atoms with van der Waals surface area (Å²) in [5.41, 5.74) is -0.266. The van der Waals surface area contributed by atoms with E-state index in [1.165, 1.54) is 12.5 Å². The summed E-state index contributed by atoms with van der Waals surface area (Å²) in [4.78, 5) is 0. The molecule has 26 atom stereocenters. The Hall–Kier alpha value is -0.980. The van der Waals surface area contributed by atoms with Crippen LogP contribution in [0.1, 0.15) is 92.4 Å². The summed E-state index contributed by atoms with van der Waals surface area (Å²) in [5, 5.41) is 109. The second kappa shape index (κ2) is 17.2. The van der Waals surface area contributed by atoms with Crippen molar-refractivity contribution in [2.75, 3.05) is 19.8 Å². The standard InChI is InChI=1S/C45H72O18/c1-19-8-13-45(56-18-19)20(2)29-26(63-45)15-44(55)25-7-6-22-14-23(9-11-42(22,4)24(25)10-12-43(29,44)5)58-41-38(62-39-35(53)33(51)30(48)21(3)57-39)37(32(50)28(17-47)60-41)61-40-36(54)34(52)31(49)27(16-46)59-40/h6,19-21,23-41,46-55H,7-18H2,1-5H3/t19-,20+,21+,23+,24+,25-,26+,27-,28-,29+,30+,31-,32-,33-,34+,35-,36-,37+,38-,39+,40+,41-,42+,43-,44-,45-/m1/s1. The minimum atomic E-state index is -1.86. The highest BCUT2D eigenvalue weighted by atomic mass is 16.8. The highest BCUT2D eigenvalue weighted by Crippen LogP contribution is 2.72. The Labute approximate surface area is 368 Å². The van der Waals surface area contributed by atoms with Crippen molar-refractivity contribution in [3.8, 4) is 0 Å². The molecule has 18 nitrogen and oxygen atoms in total. The molecule has 0 bridgehead atoms. The fourth-order valence-electron chi connectivity index (χ4n) is 14.0. The second-order valence-electron chi connectivity index (χ2n) is 21.2. The first-order chi connectivity index (χ1) is 29.8. The van der Waals surface area contributed by atoms with Crippen LogP contribution in [0.4, 0.5) is 0 Å². The Morgan fingerprint density at radius 3 is 2.02 bits per heavy atom. The molecule has 0 unspecified atom stereocenters. The van der Waals surface area contributed by atoms with Gasteiger partial charge in [0.1, 0.15) is 67.1 Å². The van der Waals surface area contributed by atoms with Crippen molar-refractivity contribution in [3.63, 3.8) is 0 Å². The van der Waals surface area contributed by atoms with E-state index in [2.05, 4.69) is 33.8 Å². The largest absolute Gasteiger partial charge is 0.394 e. The molecule has 0 aromatic heterocycles. The average Bonchev–Trinajstić information content (AvgIpc) is 3.66. The van der Waals surface area contributed by atoms with Crippen molar-refractivity contribution in [3.05, 3.63) is 11.6 Å². The van der Waals surface area contributed by atoms with E-state index in [1.54, 1.807) is 0 Å². The van der Waals surface area contributed by atoms with Gasteiger partial charge in [0.15, 0.2) is 24.7 Å². The maximum absolute atomic E-state index is 13.0. The predicted octanol–water partition coefficient (Wildman–Crippen LogP) is -0.671. The van der Waals surface area contributed by atoms with Crippen LogP contribution in [0.5, 0.6) is 0 Å². The molecule has 0 radical (unpaired) electrons. The number of hydrogen-bond acceptors (Lipinski definition) is 18. The van der Waals surface area contributed by atoms with E-state index in [9.17, 15) is 51.1 Å². The Morgan fingerprint density at radius 1 is 0.683 bits per heavy atom. The first-order valence-electron chi connectivity index (χ1n) is 23.5. The Kier molecular flexibility index (Phi) is 12.9. The molecule has 5 aliphatic heterocycles. The summed E-state index contributed by atoms with van der Waals surface area (Å²) in [6, 6.07) is 0. The smallest absolute Gasteiger partial charge is 0.187 e. The first kappa shape index (κ1) is 47.1. The number of ether oxygens (including phenoxy) is 8. The summed E-state index contributed by atoms with van der Waals surface area (Å²) < 4.78 is 50.0. The third-order valence-corrected chi connectivity index (χ3v) is 17.9. The van der Waals surface area contributed by atoms with Gasteiger partial charge in [-0.25, -0.2) is 0 Å². The third-order valence-electron chi connectivity index (χ3n) is 17.9. The Bertz CT molecular complexity index is 1660. The number of hydrogen-bond donors (Lipinski definition) is 10. The van der Waals surface area contributed by atoms with E-state index < -0.39 is 123 Å². The topological polar surface area (TPSA) is 276 Å². The Morgan fingerprint density at radius 2 is 1.33 bits per heavy atom. The number of aliphatic hydroxyl groups excluding tert-OH is 9. The summed E-state index contributed by atoms with van der Waals surface area (Å²) >= 11 is 0. The monoisotopic (exact) mass is 900 g/mol. The van der Waals surface area contributed by atoms with E-state index in [4.69, 9.17) is 37.9 Å². The van der Waals surface area contributed by atoms with Crippen LogP contribution in [0.15, 0.2) is 11.6 Å². The van der Waals surface area contributed by atoms with Crippen molar-refractivity contribution in [1.29, 1.82) is 0 Å². The van der Waals surface area contributed by atoms with Crippen LogP contribution in [0.25, 0.3) is 0 Å².